The van der Waals surface area contributed by atoms with Gasteiger partial charge in [-0.3, -0.25) is 9.88 Å². The van der Waals surface area contributed by atoms with E-state index in [1.165, 1.54) is 11.1 Å². The van der Waals surface area contributed by atoms with Crippen molar-refractivity contribution in [3.05, 3.63) is 54.4 Å². The van der Waals surface area contributed by atoms with Gasteiger partial charge in [0.05, 0.1) is 0 Å². The Kier molecular flexibility index (Phi) is 6.19. The Morgan fingerprint density at radius 1 is 1.08 bits per heavy atom. The molecular weight excluding hydrogens is 310 g/mol. The highest BCUT2D eigenvalue weighted by atomic mass is 16.3. The molecule has 0 spiro atoms. The van der Waals surface area contributed by atoms with Crippen LogP contribution in [0.15, 0.2) is 48.8 Å². The first kappa shape index (κ1) is 18.1. The average Bonchev–Trinajstić information content (AvgIpc) is 2.85. The van der Waals surface area contributed by atoms with Gasteiger partial charge in [0.2, 0.25) is 0 Å². The van der Waals surface area contributed by atoms with Crippen LogP contribution in [0.3, 0.4) is 0 Å². The van der Waals surface area contributed by atoms with Crippen molar-refractivity contribution in [2.24, 2.45) is 5.92 Å². The van der Waals surface area contributed by atoms with Crippen LogP contribution in [0, 0.1) is 5.92 Å². The van der Waals surface area contributed by atoms with E-state index in [1.54, 1.807) is 6.20 Å². The van der Waals surface area contributed by atoms with E-state index in [9.17, 15) is 5.11 Å². The molecule has 3 rings (SSSR count). The summed E-state index contributed by atoms with van der Waals surface area (Å²) in [7, 11) is 4.32. The lowest BCUT2D eigenvalue weighted by Crippen LogP contribution is -2.39. The Morgan fingerprint density at radius 2 is 1.88 bits per heavy atom. The van der Waals surface area contributed by atoms with Crippen LogP contribution < -0.4 is 0 Å². The van der Waals surface area contributed by atoms with E-state index in [-0.39, 0.29) is 6.61 Å². The minimum absolute atomic E-state index is 0.288. The molecule has 4 heteroatoms. The monoisotopic (exact) mass is 339 g/mol. The molecule has 1 fully saturated rings. The number of likely N-dealkylation sites (N-methyl/N-ethyl adjacent to an activating group) is 1. The third-order valence-electron chi connectivity index (χ3n) is 5.24. The van der Waals surface area contributed by atoms with Gasteiger partial charge in [0.1, 0.15) is 0 Å². The first-order chi connectivity index (χ1) is 12.2. The van der Waals surface area contributed by atoms with Crippen molar-refractivity contribution < 1.29 is 5.11 Å². The van der Waals surface area contributed by atoms with Crippen molar-refractivity contribution in [1.29, 1.82) is 0 Å². The molecule has 0 aliphatic carbocycles. The van der Waals surface area contributed by atoms with Crippen molar-refractivity contribution in [3.63, 3.8) is 0 Å². The molecule has 2 atom stereocenters. The Morgan fingerprint density at radius 3 is 2.52 bits per heavy atom. The number of benzene rings is 1. The van der Waals surface area contributed by atoms with Crippen LogP contribution >= 0.6 is 0 Å². The molecule has 1 aromatic heterocycles. The molecule has 0 bridgehead atoms. The van der Waals surface area contributed by atoms with E-state index in [0.717, 1.165) is 38.0 Å². The second-order valence-electron chi connectivity index (χ2n) is 7.38. The largest absolute Gasteiger partial charge is 0.396 e. The Labute approximate surface area is 151 Å². The van der Waals surface area contributed by atoms with E-state index in [2.05, 4.69) is 59.2 Å². The third-order valence-corrected chi connectivity index (χ3v) is 5.24. The predicted molar refractivity (Wildman–Crippen MR) is 102 cm³/mol. The van der Waals surface area contributed by atoms with Crippen LogP contribution in [0.25, 0.3) is 11.1 Å². The molecule has 1 aromatic carbocycles. The van der Waals surface area contributed by atoms with Crippen molar-refractivity contribution in [3.8, 4) is 11.1 Å². The molecule has 0 radical (unpaired) electrons. The van der Waals surface area contributed by atoms with Gasteiger partial charge in [0, 0.05) is 44.7 Å². The van der Waals surface area contributed by atoms with Crippen LogP contribution in [0.2, 0.25) is 0 Å². The van der Waals surface area contributed by atoms with Gasteiger partial charge in [0.25, 0.3) is 0 Å². The number of hydrogen-bond donors (Lipinski definition) is 1. The van der Waals surface area contributed by atoms with Crippen molar-refractivity contribution >= 4 is 0 Å². The number of hydrogen-bond acceptors (Lipinski definition) is 4. The normalized spacial score (nSPS) is 22.1. The summed E-state index contributed by atoms with van der Waals surface area (Å²) in [5.74, 6) is 0.389. The van der Waals surface area contributed by atoms with Crippen molar-refractivity contribution in [1.82, 2.24) is 14.8 Å². The fourth-order valence-electron chi connectivity index (χ4n) is 3.64. The van der Waals surface area contributed by atoms with Crippen LogP contribution in [-0.4, -0.2) is 59.7 Å². The minimum Gasteiger partial charge on any atom is -0.396 e. The van der Waals surface area contributed by atoms with Crippen LogP contribution in [0.1, 0.15) is 18.4 Å². The van der Waals surface area contributed by atoms with E-state index >= 15 is 0 Å². The zero-order chi connectivity index (χ0) is 17.6. The minimum atomic E-state index is 0.288. The zero-order valence-electron chi connectivity index (χ0n) is 15.3. The van der Waals surface area contributed by atoms with E-state index in [0.29, 0.717) is 12.0 Å². The molecule has 25 heavy (non-hydrogen) atoms. The highest BCUT2D eigenvalue weighted by Crippen LogP contribution is 2.22. The number of aromatic nitrogens is 1. The summed E-state index contributed by atoms with van der Waals surface area (Å²) in [6.07, 6.45) is 5.97. The standard InChI is InChI=1S/C21H29N3O/c1-23(2)21-10-7-18(16-25)14-24(15-21)13-17-5-8-19(9-6-17)20-4-3-11-22-12-20/h3-6,8-9,11-12,18,21,25H,7,10,13-16H2,1-2H3/t18-,21+/m0/s1. The molecule has 0 saturated carbocycles. The van der Waals surface area contributed by atoms with Gasteiger partial charge in [-0.25, -0.2) is 0 Å². The molecule has 1 aliphatic rings. The smallest absolute Gasteiger partial charge is 0.0471 e. The van der Waals surface area contributed by atoms with Crippen molar-refractivity contribution in [2.45, 2.75) is 25.4 Å². The highest BCUT2D eigenvalue weighted by molar-refractivity contribution is 5.62. The second kappa shape index (κ2) is 8.56. The molecule has 1 N–H and O–H groups in total. The first-order valence-electron chi connectivity index (χ1n) is 9.14. The lowest BCUT2D eigenvalue weighted by Gasteiger charge is -2.29. The predicted octanol–water partition coefficient (Wildman–Crippen LogP) is 2.88. The maximum atomic E-state index is 9.64. The van der Waals surface area contributed by atoms with Crippen LogP contribution in [-0.2, 0) is 6.54 Å². The molecule has 0 unspecified atom stereocenters. The van der Waals surface area contributed by atoms with Gasteiger partial charge in [-0.05, 0) is 55.6 Å². The summed E-state index contributed by atoms with van der Waals surface area (Å²) < 4.78 is 0. The fraction of sp³-hybridized carbons (Fsp3) is 0.476. The quantitative estimate of drug-likeness (QED) is 0.909. The molecule has 1 saturated heterocycles. The summed E-state index contributed by atoms with van der Waals surface area (Å²) in [4.78, 5) is 9.01. The number of rotatable bonds is 5. The van der Waals surface area contributed by atoms with Gasteiger partial charge < -0.3 is 10.0 Å². The summed E-state index contributed by atoms with van der Waals surface area (Å²) >= 11 is 0. The van der Waals surface area contributed by atoms with Gasteiger partial charge in [-0.15, -0.1) is 0 Å². The topological polar surface area (TPSA) is 39.6 Å². The Balaban J connectivity index is 1.69. The van der Waals surface area contributed by atoms with E-state index < -0.39 is 0 Å². The molecule has 4 nitrogen and oxygen atoms in total. The number of nitrogens with zero attached hydrogens (tertiary/aromatic N) is 3. The number of aliphatic hydroxyl groups excluding tert-OH is 1. The highest BCUT2D eigenvalue weighted by Gasteiger charge is 2.24. The number of aliphatic hydroxyl groups is 1. The first-order valence-corrected chi connectivity index (χ1v) is 9.14. The molecular formula is C21H29N3O. The molecule has 134 valence electrons. The van der Waals surface area contributed by atoms with Crippen LogP contribution in [0.5, 0.6) is 0 Å². The van der Waals surface area contributed by atoms with E-state index in [1.807, 2.05) is 12.3 Å². The zero-order valence-corrected chi connectivity index (χ0v) is 15.3. The molecule has 0 amide bonds. The average molecular weight is 339 g/mol. The van der Waals surface area contributed by atoms with Gasteiger partial charge in [-0.2, -0.15) is 0 Å². The summed E-state index contributed by atoms with van der Waals surface area (Å²) in [6.45, 7) is 3.27. The molecule has 2 aromatic rings. The second-order valence-corrected chi connectivity index (χ2v) is 7.38. The van der Waals surface area contributed by atoms with Gasteiger partial charge in [-0.1, -0.05) is 30.3 Å². The number of likely N-dealkylation sites (tertiary alicyclic amines) is 1. The summed E-state index contributed by atoms with van der Waals surface area (Å²) in [5.41, 5.74) is 3.67. The third kappa shape index (κ3) is 4.88. The lowest BCUT2D eigenvalue weighted by atomic mass is 10.0. The molecule has 1 aliphatic heterocycles. The molecule has 2 heterocycles. The van der Waals surface area contributed by atoms with Crippen molar-refractivity contribution in [2.75, 3.05) is 33.8 Å². The fourth-order valence-corrected chi connectivity index (χ4v) is 3.64. The number of pyridine rings is 1. The maximum Gasteiger partial charge on any atom is 0.0471 e. The summed E-state index contributed by atoms with van der Waals surface area (Å²) in [6, 6.07) is 13.4. The van der Waals surface area contributed by atoms with Crippen LogP contribution in [0.4, 0.5) is 0 Å². The summed E-state index contributed by atoms with van der Waals surface area (Å²) in [5, 5.41) is 9.64. The van der Waals surface area contributed by atoms with Gasteiger partial charge >= 0.3 is 0 Å². The SMILES string of the molecule is CN(C)[C@@H]1CC[C@H](CO)CN(Cc2ccc(-c3cccnc3)cc2)C1. The Hall–Kier alpha value is -1.75. The van der Waals surface area contributed by atoms with E-state index in [4.69, 9.17) is 0 Å². The lowest BCUT2D eigenvalue weighted by molar-refractivity contribution is 0.158. The maximum absolute atomic E-state index is 9.64. The Bertz CT molecular complexity index is 642. The van der Waals surface area contributed by atoms with Gasteiger partial charge in [0.15, 0.2) is 0 Å².